The molecule has 0 heterocycles. The van der Waals surface area contributed by atoms with Crippen molar-refractivity contribution in [1.82, 2.24) is 14.5 Å². The van der Waals surface area contributed by atoms with Crippen LogP contribution in [0.1, 0.15) is 18.9 Å². The lowest BCUT2D eigenvalue weighted by molar-refractivity contribution is 0.449. The molecule has 6 nitrogen and oxygen atoms in total. The zero-order valence-electron chi connectivity index (χ0n) is 14.8. The Morgan fingerprint density at radius 3 is 2.62 bits per heavy atom. The van der Waals surface area contributed by atoms with E-state index in [0.717, 1.165) is 5.56 Å². The Balaban J connectivity index is 2.45. The van der Waals surface area contributed by atoms with Crippen molar-refractivity contribution in [3.8, 4) is 0 Å². The molecule has 0 aromatic heterocycles. The molecule has 0 bridgehead atoms. The van der Waals surface area contributed by atoms with Crippen LogP contribution in [0.25, 0.3) is 0 Å². The third-order valence-corrected chi connectivity index (χ3v) is 5.52. The van der Waals surface area contributed by atoms with Gasteiger partial charge in [0.25, 0.3) is 0 Å². The molecule has 0 amide bonds. The van der Waals surface area contributed by atoms with Gasteiger partial charge in [0, 0.05) is 40.8 Å². The minimum Gasteiger partial charge on any atom is -0.356 e. The Bertz CT molecular complexity index is 649. The molecule has 0 spiro atoms. The summed E-state index contributed by atoms with van der Waals surface area (Å²) in [6.45, 7) is 3.21. The van der Waals surface area contributed by atoms with E-state index in [2.05, 4.69) is 10.3 Å². The van der Waals surface area contributed by atoms with Crippen LogP contribution in [0.3, 0.4) is 0 Å². The number of benzene rings is 1. The molecule has 0 aliphatic carbocycles. The van der Waals surface area contributed by atoms with E-state index in [-0.39, 0.29) is 11.6 Å². The molecule has 0 unspecified atom stereocenters. The molecule has 1 aromatic rings. The maximum absolute atomic E-state index is 13.2. The van der Waals surface area contributed by atoms with Crippen molar-refractivity contribution in [3.05, 3.63) is 35.6 Å². The van der Waals surface area contributed by atoms with Gasteiger partial charge in [-0.25, -0.2) is 17.1 Å². The second-order valence-corrected chi connectivity index (χ2v) is 7.90. The third-order valence-electron chi connectivity index (χ3n) is 3.65. The Kier molecular flexibility index (Phi) is 8.14. The Morgan fingerprint density at radius 2 is 2.04 bits per heavy atom. The van der Waals surface area contributed by atoms with Crippen LogP contribution in [-0.2, 0) is 16.6 Å². The lowest BCUT2D eigenvalue weighted by Crippen LogP contribution is -2.40. The van der Waals surface area contributed by atoms with E-state index in [1.807, 2.05) is 18.0 Å². The summed E-state index contributed by atoms with van der Waals surface area (Å²) >= 11 is 0. The highest BCUT2D eigenvalue weighted by atomic mass is 32.2. The molecule has 0 radical (unpaired) electrons. The largest absolute Gasteiger partial charge is 0.356 e. The van der Waals surface area contributed by atoms with Crippen molar-refractivity contribution < 1.29 is 12.8 Å². The quantitative estimate of drug-likeness (QED) is 0.435. The monoisotopic (exact) mass is 358 g/mol. The minimum atomic E-state index is -3.14. The van der Waals surface area contributed by atoms with Gasteiger partial charge in [-0.05, 0) is 31.0 Å². The van der Waals surface area contributed by atoms with Crippen molar-refractivity contribution in [2.75, 3.05) is 40.0 Å². The Hall–Kier alpha value is -1.67. The van der Waals surface area contributed by atoms with Crippen LogP contribution < -0.4 is 5.32 Å². The van der Waals surface area contributed by atoms with Gasteiger partial charge in [-0.2, -0.15) is 0 Å². The summed E-state index contributed by atoms with van der Waals surface area (Å²) in [4.78, 5) is 6.08. The van der Waals surface area contributed by atoms with Crippen LogP contribution >= 0.6 is 0 Å². The normalized spacial score (nSPS) is 12.5. The van der Waals surface area contributed by atoms with Gasteiger partial charge in [0.1, 0.15) is 5.82 Å². The average Bonchev–Trinajstić information content (AvgIpc) is 2.54. The van der Waals surface area contributed by atoms with Gasteiger partial charge < -0.3 is 10.2 Å². The molecule has 0 aliphatic rings. The van der Waals surface area contributed by atoms with E-state index >= 15 is 0 Å². The second kappa shape index (κ2) is 9.58. The zero-order chi connectivity index (χ0) is 18.2. The zero-order valence-corrected chi connectivity index (χ0v) is 15.6. The summed E-state index contributed by atoms with van der Waals surface area (Å²) in [7, 11) is 2.00. The van der Waals surface area contributed by atoms with Crippen molar-refractivity contribution in [2.45, 2.75) is 19.9 Å². The number of nitrogens with zero attached hydrogens (tertiary/aromatic N) is 3. The van der Waals surface area contributed by atoms with Gasteiger partial charge in [0.05, 0.1) is 5.75 Å². The van der Waals surface area contributed by atoms with Crippen LogP contribution in [0.15, 0.2) is 29.3 Å². The standard InChI is InChI=1S/C16H27FN4O2S/c1-5-24(22,23)21(4)11-7-10-19-16(18-2)20(3)13-14-8-6-9-15(17)12-14/h6,8-9,12H,5,7,10-11,13H2,1-4H3,(H,18,19). The average molecular weight is 358 g/mol. The van der Waals surface area contributed by atoms with Crippen LogP contribution in [0.2, 0.25) is 0 Å². The van der Waals surface area contributed by atoms with Crippen molar-refractivity contribution >= 4 is 16.0 Å². The van der Waals surface area contributed by atoms with E-state index < -0.39 is 10.0 Å². The molecular formula is C16H27FN4O2S. The molecule has 0 fully saturated rings. The predicted octanol–water partition coefficient (Wildman–Crippen LogP) is 1.50. The van der Waals surface area contributed by atoms with Gasteiger partial charge in [0.2, 0.25) is 10.0 Å². The fourth-order valence-corrected chi connectivity index (χ4v) is 3.08. The maximum atomic E-state index is 13.2. The smallest absolute Gasteiger partial charge is 0.213 e. The number of sulfonamides is 1. The molecule has 1 aromatic carbocycles. The SMILES string of the molecule is CCS(=O)(=O)N(C)CCCNC(=NC)N(C)Cc1cccc(F)c1. The predicted molar refractivity (Wildman–Crippen MR) is 95.9 cm³/mol. The van der Waals surface area contributed by atoms with Crippen molar-refractivity contribution in [2.24, 2.45) is 4.99 Å². The minimum absolute atomic E-state index is 0.106. The van der Waals surface area contributed by atoms with Gasteiger partial charge >= 0.3 is 0 Å². The van der Waals surface area contributed by atoms with Crippen LogP contribution in [-0.4, -0.2) is 63.6 Å². The van der Waals surface area contributed by atoms with E-state index in [9.17, 15) is 12.8 Å². The molecule has 8 heteroatoms. The molecule has 24 heavy (non-hydrogen) atoms. The summed E-state index contributed by atoms with van der Waals surface area (Å²) in [5.41, 5.74) is 0.856. The first-order chi connectivity index (χ1) is 11.3. The lowest BCUT2D eigenvalue weighted by atomic mass is 10.2. The fourth-order valence-electron chi connectivity index (χ4n) is 2.23. The number of halogens is 1. The van der Waals surface area contributed by atoms with E-state index in [0.29, 0.717) is 32.0 Å². The van der Waals surface area contributed by atoms with Gasteiger partial charge in [0.15, 0.2) is 5.96 Å². The highest BCUT2D eigenvalue weighted by Crippen LogP contribution is 2.06. The summed E-state index contributed by atoms with van der Waals surface area (Å²) < 4.78 is 37.9. The van der Waals surface area contributed by atoms with Gasteiger partial charge in [-0.15, -0.1) is 0 Å². The number of hydrogen-bond donors (Lipinski definition) is 1. The topological polar surface area (TPSA) is 65.0 Å². The van der Waals surface area contributed by atoms with Crippen LogP contribution in [0, 0.1) is 5.82 Å². The van der Waals surface area contributed by atoms with Gasteiger partial charge in [-0.3, -0.25) is 4.99 Å². The number of hydrogen-bond acceptors (Lipinski definition) is 3. The van der Waals surface area contributed by atoms with Crippen LogP contribution in [0.5, 0.6) is 0 Å². The summed E-state index contributed by atoms with van der Waals surface area (Å²) in [5.74, 6) is 0.527. The molecule has 0 atom stereocenters. The fraction of sp³-hybridized carbons (Fsp3) is 0.562. The van der Waals surface area contributed by atoms with E-state index in [1.54, 1.807) is 27.1 Å². The summed E-state index contributed by atoms with van der Waals surface area (Å²) in [5, 5.41) is 3.19. The first kappa shape index (κ1) is 20.4. The third kappa shape index (κ3) is 6.45. The maximum Gasteiger partial charge on any atom is 0.213 e. The van der Waals surface area contributed by atoms with Crippen molar-refractivity contribution in [3.63, 3.8) is 0 Å². The highest BCUT2D eigenvalue weighted by molar-refractivity contribution is 7.89. The molecule has 0 saturated carbocycles. The highest BCUT2D eigenvalue weighted by Gasteiger charge is 2.14. The summed E-state index contributed by atoms with van der Waals surface area (Å²) in [6, 6.07) is 6.45. The Morgan fingerprint density at radius 1 is 1.33 bits per heavy atom. The number of guanidine groups is 1. The van der Waals surface area contributed by atoms with Crippen molar-refractivity contribution in [1.29, 1.82) is 0 Å². The lowest BCUT2D eigenvalue weighted by Gasteiger charge is -2.23. The van der Waals surface area contributed by atoms with Gasteiger partial charge in [-0.1, -0.05) is 12.1 Å². The van der Waals surface area contributed by atoms with E-state index in [1.165, 1.54) is 16.4 Å². The Labute approximate surface area is 144 Å². The first-order valence-electron chi connectivity index (χ1n) is 7.90. The molecule has 136 valence electrons. The second-order valence-electron chi connectivity index (χ2n) is 5.54. The molecule has 1 N–H and O–H groups in total. The number of aliphatic imine (C=N–C) groups is 1. The van der Waals surface area contributed by atoms with E-state index in [4.69, 9.17) is 0 Å². The number of rotatable bonds is 8. The first-order valence-corrected chi connectivity index (χ1v) is 9.51. The summed E-state index contributed by atoms with van der Waals surface area (Å²) in [6.07, 6.45) is 0.669. The molecule has 1 rings (SSSR count). The molecule has 0 saturated heterocycles. The van der Waals surface area contributed by atoms with Crippen LogP contribution in [0.4, 0.5) is 4.39 Å². The number of nitrogens with one attached hydrogen (secondary N) is 1. The molecule has 0 aliphatic heterocycles. The molecular weight excluding hydrogens is 331 g/mol.